The van der Waals surface area contributed by atoms with Crippen molar-refractivity contribution in [3.63, 3.8) is 0 Å². The van der Waals surface area contributed by atoms with Crippen LogP contribution in [0.4, 0.5) is 4.39 Å². The smallest absolute Gasteiger partial charge is 0.253 e. The van der Waals surface area contributed by atoms with Crippen LogP contribution in [0.25, 0.3) is 0 Å². The highest BCUT2D eigenvalue weighted by Gasteiger charge is 2.24. The van der Waals surface area contributed by atoms with E-state index in [1.54, 1.807) is 4.90 Å². The van der Waals surface area contributed by atoms with Gasteiger partial charge in [-0.15, -0.1) is 0 Å². The second-order valence-corrected chi connectivity index (χ2v) is 7.33. The number of benzene rings is 1. The van der Waals surface area contributed by atoms with Crippen molar-refractivity contribution in [3.05, 3.63) is 34.6 Å². The minimum atomic E-state index is -3.25. The summed E-state index contributed by atoms with van der Waals surface area (Å²) in [6.45, 7) is 1.42. The van der Waals surface area contributed by atoms with Crippen molar-refractivity contribution in [3.8, 4) is 0 Å². The summed E-state index contributed by atoms with van der Waals surface area (Å²) in [7, 11) is -3.25. The van der Waals surface area contributed by atoms with Crippen LogP contribution in [-0.2, 0) is 10.0 Å². The van der Waals surface area contributed by atoms with Gasteiger partial charge in [-0.1, -0.05) is 11.6 Å². The fourth-order valence-corrected chi connectivity index (χ4v) is 3.29. The maximum atomic E-state index is 13.1. The second-order valence-electron chi connectivity index (χ2n) is 4.94. The van der Waals surface area contributed by atoms with Gasteiger partial charge in [0.2, 0.25) is 10.0 Å². The predicted octanol–water partition coefficient (Wildman–Crippen LogP) is 1.59. The Kier molecular flexibility index (Phi) is 4.85. The first kappa shape index (κ1) is 16.2. The van der Waals surface area contributed by atoms with Crippen LogP contribution < -0.4 is 0 Å². The van der Waals surface area contributed by atoms with Gasteiger partial charge in [-0.25, -0.2) is 17.1 Å². The molecule has 0 radical (unpaired) electrons. The highest BCUT2D eigenvalue weighted by molar-refractivity contribution is 7.88. The average molecular weight is 335 g/mol. The number of rotatable bonds is 2. The Morgan fingerprint density at radius 1 is 1.24 bits per heavy atom. The van der Waals surface area contributed by atoms with Gasteiger partial charge in [-0.3, -0.25) is 4.79 Å². The zero-order chi connectivity index (χ0) is 15.6. The Bertz CT molecular complexity index is 651. The Morgan fingerprint density at radius 3 is 2.57 bits per heavy atom. The third-order valence-corrected chi connectivity index (χ3v) is 4.97. The number of carbonyl (C=O) groups excluding carboxylic acids is 1. The molecule has 1 aliphatic heterocycles. The molecule has 2 rings (SSSR count). The monoisotopic (exact) mass is 334 g/mol. The molecule has 0 unspecified atom stereocenters. The quantitative estimate of drug-likeness (QED) is 0.825. The lowest BCUT2D eigenvalue weighted by Crippen LogP contribution is -2.36. The molecule has 0 bridgehead atoms. The first-order valence-corrected chi connectivity index (χ1v) is 8.71. The first-order valence-electron chi connectivity index (χ1n) is 6.48. The number of hydrogen-bond donors (Lipinski definition) is 0. The molecule has 0 aromatic heterocycles. The summed E-state index contributed by atoms with van der Waals surface area (Å²) in [5, 5.41) is -0.103. The van der Waals surface area contributed by atoms with Crippen molar-refractivity contribution < 1.29 is 17.6 Å². The fourth-order valence-electron chi connectivity index (χ4n) is 2.24. The molecule has 21 heavy (non-hydrogen) atoms. The third-order valence-electron chi connectivity index (χ3n) is 3.38. The highest BCUT2D eigenvalue weighted by atomic mass is 35.5. The van der Waals surface area contributed by atoms with Crippen LogP contribution in [0.5, 0.6) is 0 Å². The number of hydrogen-bond acceptors (Lipinski definition) is 3. The van der Waals surface area contributed by atoms with E-state index in [1.165, 1.54) is 16.4 Å². The molecule has 1 heterocycles. The van der Waals surface area contributed by atoms with E-state index in [4.69, 9.17) is 11.6 Å². The maximum absolute atomic E-state index is 13.1. The molecule has 116 valence electrons. The summed E-state index contributed by atoms with van der Waals surface area (Å²) < 4.78 is 37.5. The summed E-state index contributed by atoms with van der Waals surface area (Å²) in [4.78, 5) is 13.9. The van der Waals surface area contributed by atoms with Crippen LogP contribution in [0.3, 0.4) is 0 Å². The van der Waals surface area contributed by atoms with Gasteiger partial charge in [-0.2, -0.15) is 0 Å². The van der Waals surface area contributed by atoms with Crippen LogP contribution >= 0.6 is 11.6 Å². The number of sulfonamides is 1. The van der Waals surface area contributed by atoms with Gasteiger partial charge in [0.1, 0.15) is 5.82 Å². The van der Waals surface area contributed by atoms with E-state index in [0.29, 0.717) is 31.6 Å². The van der Waals surface area contributed by atoms with Crippen molar-refractivity contribution in [2.45, 2.75) is 6.42 Å². The van der Waals surface area contributed by atoms with Gasteiger partial charge in [0.15, 0.2) is 0 Å². The number of carbonyl (C=O) groups is 1. The highest BCUT2D eigenvalue weighted by Crippen LogP contribution is 2.18. The van der Waals surface area contributed by atoms with Crippen molar-refractivity contribution in [2.75, 3.05) is 32.4 Å². The van der Waals surface area contributed by atoms with Crippen molar-refractivity contribution >= 4 is 27.5 Å². The lowest BCUT2D eigenvalue weighted by atomic mass is 10.2. The normalized spacial score (nSPS) is 17.6. The molecule has 1 aromatic carbocycles. The van der Waals surface area contributed by atoms with Gasteiger partial charge in [0, 0.05) is 31.7 Å². The first-order chi connectivity index (χ1) is 9.79. The molecule has 1 amide bonds. The lowest BCUT2D eigenvalue weighted by Gasteiger charge is -2.21. The van der Waals surface area contributed by atoms with E-state index < -0.39 is 15.8 Å². The number of amides is 1. The summed E-state index contributed by atoms with van der Waals surface area (Å²) in [5.74, 6) is -0.848. The van der Waals surface area contributed by atoms with Crippen LogP contribution in [0.1, 0.15) is 16.8 Å². The fraction of sp³-hybridized carbons (Fsp3) is 0.462. The molecule has 1 aliphatic rings. The van der Waals surface area contributed by atoms with Crippen LogP contribution in [-0.4, -0.2) is 56.0 Å². The van der Waals surface area contributed by atoms with Crippen molar-refractivity contribution in [1.82, 2.24) is 9.21 Å². The van der Waals surface area contributed by atoms with Crippen LogP contribution in [0.2, 0.25) is 5.02 Å². The molecule has 0 spiro atoms. The zero-order valence-electron chi connectivity index (χ0n) is 11.6. The van der Waals surface area contributed by atoms with Gasteiger partial charge in [-0.05, 0) is 24.6 Å². The van der Waals surface area contributed by atoms with Crippen molar-refractivity contribution in [1.29, 1.82) is 0 Å². The third kappa shape index (κ3) is 3.93. The molecule has 5 nitrogen and oxygen atoms in total. The largest absolute Gasteiger partial charge is 0.337 e. The van der Waals surface area contributed by atoms with E-state index in [0.717, 1.165) is 12.3 Å². The summed E-state index contributed by atoms with van der Waals surface area (Å²) in [6.07, 6.45) is 1.72. The molecule has 0 N–H and O–H groups in total. The molecular weight excluding hydrogens is 319 g/mol. The molecule has 0 atom stereocenters. The zero-order valence-corrected chi connectivity index (χ0v) is 13.1. The van der Waals surface area contributed by atoms with E-state index >= 15 is 0 Å². The van der Waals surface area contributed by atoms with Crippen LogP contribution in [0, 0.1) is 5.82 Å². The molecule has 8 heteroatoms. The average Bonchev–Trinajstić information content (AvgIpc) is 2.66. The van der Waals surface area contributed by atoms with E-state index in [2.05, 4.69) is 0 Å². The molecule has 1 aromatic rings. The minimum Gasteiger partial charge on any atom is -0.337 e. The molecule has 1 fully saturated rings. The maximum Gasteiger partial charge on any atom is 0.253 e. The standard InChI is InChI=1S/C13H16ClFN2O3S/c1-21(19,20)17-6-2-5-16(7-8-17)13(18)10-3-4-12(15)11(14)9-10/h3-4,9H,2,5-8H2,1H3. The molecular formula is C13H16ClFN2O3S. The second kappa shape index (κ2) is 6.29. The van der Waals surface area contributed by atoms with E-state index in [1.807, 2.05) is 0 Å². The molecule has 0 saturated carbocycles. The molecule has 0 aliphatic carbocycles. The van der Waals surface area contributed by atoms with E-state index in [-0.39, 0.29) is 17.5 Å². The summed E-state index contributed by atoms with van der Waals surface area (Å²) in [5.41, 5.74) is 0.300. The van der Waals surface area contributed by atoms with Crippen LogP contribution in [0.15, 0.2) is 18.2 Å². The van der Waals surface area contributed by atoms with Crippen molar-refractivity contribution in [2.24, 2.45) is 0 Å². The summed E-state index contributed by atoms with van der Waals surface area (Å²) >= 11 is 5.68. The van der Waals surface area contributed by atoms with E-state index in [9.17, 15) is 17.6 Å². The number of halogens is 2. The summed E-state index contributed by atoms with van der Waals surface area (Å²) in [6, 6.07) is 3.82. The minimum absolute atomic E-state index is 0.103. The SMILES string of the molecule is CS(=O)(=O)N1CCCN(C(=O)c2ccc(F)c(Cl)c2)CC1. The van der Waals surface area contributed by atoms with Gasteiger partial charge in [0.05, 0.1) is 11.3 Å². The Morgan fingerprint density at radius 2 is 1.95 bits per heavy atom. The molecule has 1 saturated heterocycles. The van der Waals surface area contributed by atoms with Gasteiger partial charge >= 0.3 is 0 Å². The lowest BCUT2D eigenvalue weighted by molar-refractivity contribution is 0.0764. The Balaban J connectivity index is 2.11. The predicted molar refractivity (Wildman–Crippen MR) is 78.3 cm³/mol. The Hall–Kier alpha value is -1.18. The van der Waals surface area contributed by atoms with Gasteiger partial charge < -0.3 is 4.90 Å². The number of nitrogens with zero attached hydrogens (tertiary/aromatic N) is 2. The van der Waals surface area contributed by atoms with Gasteiger partial charge in [0.25, 0.3) is 5.91 Å². The Labute approximate surface area is 128 Å². The topological polar surface area (TPSA) is 57.7 Å².